The number of fused-ring (bicyclic) bond motifs is 1. The standard InChI is InChI=1S/C20H19N3O3S/c1-25-19-8-7-17(22-23-19)16-6-2-4-13-10-14(26-20(13)16)12-21-18(24)11-15-5-3-9-27-15/h2-9,14H,10-12H2,1H3,(H,21,24)/t14-/m1/s1. The molecule has 6 nitrogen and oxygen atoms in total. The van der Waals surface area contributed by atoms with Crippen molar-refractivity contribution in [2.75, 3.05) is 13.7 Å². The summed E-state index contributed by atoms with van der Waals surface area (Å²) in [5.74, 6) is 1.30. The van der Waals surface area contributed by atoms with Crippen LogP contribution in [0.1, 0.15) is 10.4 Å². The zero-order chi connectivity index (χ0) is 18.6. The summed E-state index contributed by atoms with van der Waals surface area (Å²) in [6, 6.07) is 13.6. The molecule has 0 spiro atoms. The van der Waals surface area contributed by atoms with Crippen LogP contribution in [0.3, 0.4) is 0 Å². The van der Waals surface area contributed by atoms with Crippen molar-refractivity contribution in [3.8, 4) is 22.9 Å². The lowest BCUT2D eigenvalue weighted by Crippen LogP contribution is -2.35. The number of amides is 1. The van der Waals surface area contributed by atoms with Crippen molar-refractivity contribution >= 4 is 17.2 Å². The van der Waals surface area contributed by atoms with Gasteiger partial charge in [-0.2, -0.15) is 0 Å². The Balaban J connectivity index is 1.41. The van der Waals surface area contributed by atoms with Gasteiger partial charge in [0.1, 0.15) is 11.9 Å². The number of ether oxygens (including phenoxy) is 2. The monoisotopic (exact) mass is 381 g/mol. The number of para-hydroxylation sites is 1. The van der Waals surface area contributed by atoms with E-state index in [1.807, 2.05) is 41.8 Å². The fourth-order valence-electron chi connectivity index (χ4n) is 3.09. The van der Waals surface area contributed by atoms with Gasteiger partial charge in [-0.15, -0.1) is 21.5 Å². The highest BCUT2D eigenvalue weighted by Gasteiger charge is 2.26. The summed E-state index contributed by atoms with van der Waals surface area (Å²) in [5, 5.41) is 13.2. The van der Waals surface area contributed by atoms with Crippen molar-refractivity contribution in [1.29, 1.82) is 0 Å². The first-order valence-electron chi connectivity index (χ1n) is 8.68. The number of hydrogen-bond donors (Lipinski definition) is 1. The summed E-state index contributed by atoms with van der Waals surface area (Å²) >= 11 is 1.59. The van der Waals surface area contributed by atoms with Gasteiger partial charge in [0.15, 0.2) is 0 Å². The fraction of sp³-hybridized carbons (Fsp3) is 0.250. The second-order valence-corrected chi connectivity index (χ2v) is 7.29. The summed E-state index contributed by atoms with van der Waals surface area (Å²) in [7, 11) is 1.56. The van der Waals surface area contributed by atoms with Crippen LogP contribution in [0.4, 0.5) is 0 Å². The number of aromatic nitrogens is 2. The van der Waals surface area contributed by atoms with E-state index in [-0.39, 0.29) is 12.0 Å². The highest BCUT2D eigenvalue weighted by Crippen LogP contribution is 2.37. The van der Waals surface area contributed by atoms with E-state index in [4.69, 9.17) is 9.47 Å². The molecule has 1 aliphatic heterocycles. The Morgan fingerprint density at radius 2 is 2.19 bits per heavy atom. The molecule has 138 valence electrons. The number of nitrogens with zero attached hydrogens (tertiary/aromatic N) is 2. The Bertz CT molecular complexity index is 926. The third kappa shape index (κ3) is 3.93. The van der Waals surface area contributed by atoms with Crippen LogP contribution >= 0.6 is 11.3 Å². The molecule has 1 N–H and O–H groups in total. The lowest BCUT2D eigenvalue weighted by Gasteiger charge is -2.13. The van der Waals surface area contributed by atoms with E-state index in [0.717, 1.165) is 33.9 Å². The maximum atomic E-state index is 12.1. The lowest BCUT2D eigenvalue weighted by molar-refractivity contribution is -0.120. The number of rotatable bonds is 6. The van der Waals surface area contributed by atoms with Gasteiger partial charge in [0.05, 0.1) is 25.8 Å². The first kappa shape index (κ1) is 17.5. The van der Waals surface area contributed by atoms with Crippen LogP contribution in [-0.4, -0.2) is 35.9 Å². The molecule has 4 rings (SSSR count). The van der Waals surface area contributed by atoms with E-state index >= 15 is 0 Å². The molecule has 0 bridgehead atoms. The van der Waals surface area contributed by atoms with Crippen molar-refractivity contribution < 1.29 is 14.3 Å². The molecule has 0 radical (unpaired) electrons. The highest BCUT2D eigenvalue weighted by atomic mass is 32.1. The van der Waals surface area contributed by atoms with Gasteiger partial charge in [0, 0.05) is 22.9 Å². The third-order valence-corrected chi connectivity index (χ3v) is 5.27. The molecule has 1 aromatic carbocycles. The maximum Gasteiger partial charge on any atom is 0.233 e. The number of hydrogen-bond acceptors (Lipinski definition) is 6. The van der Waals surface area contributed by atoms with Crippen molar-refractivity contribution in [2.45, 2.75) is 18.9 Å². The molecule has 1 amide bonds. The molecule has 3 aromatic rings. The van der Waals surface area contributed by atoms with Gasteiger partial charge >= 0.3 is 0 Å². The van der Waals surface area contributed by atoms with Gasteiger partial charge in [-0.1, -0.05) is 18.2 Å². The smallest absolute Gasteiger partial charge is 0.233 e. The van der Waals surface area contributed by atoms with Crippen LogP contribution in [0.15, 0.2) is 47.8 Å². The molecule has 1 atom stereocenters. The molecule has 27 heavy (non-hydrogen) atoms. The largest absolute Gasteiger partial charge is 0.487 e. The van der Waals surface area contributed by atoms with Gasteiger partial charge < -0.3 is 14.8 Å². The first-order chi connectivity index (χ1) is 13.2. The third-order valence-electron chi connectivity index (χ3n) is 4.40. The summed E-state index contributed by atoms with van der Waals surface area (Å²) in [4.78, 5) is 13.2. The van der Waals surface area contributed by atoms with Crippen molar-refractivity contribution in [3.05, 3.63) is 58.3 Å². The molecule has 2 aromatic heterocycles. The van der Waals surface area contributed by atoms with Crippen molar-refractivity contribution in [1.82, 2.24) is 15.5 Å². The first-order valence-corrected chi connectivity index (χ1v) is 9.56. The number of methoxy groups -OCH3 is 1. The lowest BCUT2D eigenvalue weighted by atomic mass is 10.0. The predicted octanol–water partition coefficient (Wildman–Crippen LogP) is 2.88. The van der Waals surface area contributed by atoms with E-state index in [1.54, 1.807) is 24.5 Å². The van der Waals surface area contributed by atoms with Gasteiger partial charge in [-0.3, -0.25) is 4.79 Å². The number of carbonyl (C=O) groups excluding carboxylic acids is 1. The molecule has 0 unspecified atom stereocenters. The molecule has 0 saturated heterocycles. The molecule has 0 aliphatic carbocycles. The maximum absolute atomic E-state index is 12.1. The van der Waals surface area contributed by atoms with Crippen molar-refractivity contribution in [3.63, 3.8) is 0 Å². The van der Waals surface area contributed by atoms with E-state index in [1.165, 1.54) is 0 Å². The van der Waals surface area contributed by atoms with Gasteiger partial charge in [-0.05, 0) is 29.1 Å². The Hall–Kier alpha value is -2.93. The topological polar surface area (TPSA) is 73.3 Å². The summed E-state index contributed by atoms with van der Waals surface area (Å²) in [5.41, 5.74) is 2.74. The molecule has 0 saturated carbocycles. The van der Waals surface area contributed by atoms with Crippen LogP contribution in [0, 0.1) is 0 Å². The SMILES string of the molecule is COc1ccc(-c2cccc3c2O[C@@H](CNC(=O)Cc2cccs2)C3)nn1. The predicted molar refractivity (Wildman–Crippen MR) is 103 cm³/mol. The minimum absolute atomic E-state index is 0.0123. The quantitative estimate of drug-likeness (QED) is 0.711. The highest BCUT2D eigenvalue weighted by molar-refractivity contribution is 7.10. The fourth-order valence-corrected chi connectivity index (χ4v) is 3.79. The number of nitrogens with one attached hydrogen (secondary N) is 1. The van der Waals surface area contributed by atoms with Gasteiger partial charge in [-0.25, -0.2) is 0 Å². The summed E-state index contributed by atoms with van der Waals surface area (Å²) in [6.07, 6.45) is 1.08. The number of benzene rings is 1. The zero-order valence-corrected chi connectivity index (χ0v) is 15.7. The van der Waals surface area contributed by atoms with Crippen LogP contribution in [0.25, 0.3) is 11.3 Å². The number of thiophene rings is 1. The second-order valence-electron chi connectivity index (χ2n) is 6.26. The van der Waals surface area contributed by atoms with Gasteiger partial charge in [0.2, 0.25) is 11.8 Å². The van der Waals surface area contributed by atoms with E-state index in [2.05, 4.69) is 15.5 Å². The minimum Gasteiger partial charge on any atom is -0.487 e. The molecule has 7 heteroatoms. The summed E-state index contributed by atoms with van der Waals surface area (Å²) in [6.45, 7) is 0.479. The van der Waals surface area contributed by atoms with E-state index in [9.17, 15) is 4.79 Å². The second kappa shape index (κ2) is 7.75. The molecular formula is C20H19N3O3S. The van der Waals surface area contributed by atoms with E-state index < -0.39 is 0 Å². The van der Waals surface area contributed by atoms with Crippen LogP contribution in [0.2, 0.25) is 0 Å². The van der Waals surface area contributed by atoms with Crippen LogP contribution < -0.4 is 14.8 Å². The number of carbonyl (C=O) groups is 1. The Labute approximate surface area is 161 Å². The molecular weight excluding hydrogens is 362 g/mol. The van der Waals surface area contributed by atoms with Crippen molar-refractivity contribution in [2.24, 2.45) is 0 Å². The van der Waals surface area contributed by atoms with Gasteiger partial charge in [0.25, 0.3) is 0 Å². The Morgan fingerprint density at radius 3 is 2.93 bits per heavy atom. The van der Waals surface area contributed by atoms with Crippen LogP contribution in [0.5, 0.6) is 11.6 Å². The normalized spacial score (nSPS) is 15.1. The average Bonchev–Trinajstić information content (AvgIpc) is 3.35. The average molecular weight is 381 g/mol. The molecule has 0 fully saturated rings. The molecule has 1 aliphatic rings. The minimum atomic E-state index is -0.0837. The Kier molecular flexibility index (Phi) is 5.02. The Morgan fingerprint density at radius 1 is 1.26 bits per heavy atom. The van der Waals surface area contributed by atoms with E-state index in [0.29, 0.717) is 18.8 Å². The molecule has 3 heterocycles. The summed E-state index contributed by atoms with van der Waals surface area (Å²) < 4.78 is 11.2. The van der Waals surface area contributed by atoms with Crippen LogP contribution in [-0.2, 0) is 17.6 Å². The zero-order valence-electron chi connectivity index (χ0n) is 14.8.